The maximum atomic E-state index is 11.3. The van der Waals surface area contributed by atoms with E-state index >= 15 is 0 Å². The molecular formula is C13H16O. The zero-order valence-electron chi connectivity index (χ0n) is 9.00. The molecule has 1 nitrogen and oxygen atoms in total. The Bertz CT molecular complexity index is 343. The minimum Gasteiger partial charge on any atom is -0.295 e. The molecule has 1 aromatic rings. The lowest BCUT2D eigenvalue weighted by molar-refractivity contribution is -0.113. The zero-order chi connectivity index (χ0) is 10.6. The summed E-state index contributed by atoms with van der Waals surface area (Å²) in [6.45, 7) is 5.60. The van der Waals surface area contributed by atoms with Gasteiger partial charge in [-0.05, 0) is 31.9 Å². The van der Waals surface area contributed by atoms with Crippen LogP contribution in [0.2, 0.25) is 0 Å². The van der Waals surface area contributed by atoms with Crippen LogP contribution in [0.15, 0.2) is 41.5 Å². The molecule has 0 N–H and O–H groups in total. The summed E-state index contributed by atoms with van der Waals surface area (Å²) in [5, 5.41) is 0. The van der Waals surface area contributed by atoms with Crippen LogP contribution in [0, 0.1) is 0 Å². The van der Waals surface area contributed by atoms with Gasteiger partial charge in [0.2, 0.25) is 0 Å². The molecular weight excluding hydrogens is 172 g/mol. The quantitative estimate of drug-likeness (QED) is 0.666. The normalized spacial score (nSPS) is 9.64. The van der Waals surface area contributed by atoms with Gasteiger partial charge in [-0.15, -0.1) is 0 Å². The summed E-state index contributed by atoms with van der Waals surface area (Å²) < 4.78 is 0. The lowest BCUT2D eigenvalue weighted by Gasteiger charge is -2.06. The predicted octanol–water partition coefficient (Wildman–Crippen LogP) is 3.15. The van der Waals surface area contributed by atoms with Crippen LogP contribution in [0.5, 0.6) is 0 Å². The molecule has 14 heavy (non-hydrogen) atoms. The molecule has 0 amide bonds. The van der Waals surface area contributed by atoms with Gasteiger partial charge in [0.25, 0.3) is 0 Å². The summed E-state index contributed by atoms with van der Waals surface area (Å²) in [5.74, 6) is 0.175. The minimum atomic E-state index is 0.175. The van der Waals surface area contributed by atoms with Crippen molar-refractivity contribution < 1.29 is 4.79 Å². The summed E-state index contributed by atoms with van der Waals surface area (Å²) >= 11 is 0. The van der Waals surface area contributed by atoms with E-state index in [1.54, 1.807) is 6.92 Å². The second-order valence-corrected chi connectivity index (χ2v) is 3.70. The maximum absolute atomic E-state index is 11.3. The highest BCUT2D eigenvalue weighted by atomic mass is 16.1. The largest absolute Gasteiger partial charge is 0.295 e. The Labute approximate surface area is 85.5 Å². The van der Waals surface area contributed by atoms with Crippen LogP contribution in [0.25, 0.3) is 0 Å². The summed E-state index contributed by atoms with van der Waals surface area (Å²) in [7, 11) is 0. The van der Waals surface area contributed by atoms with Crippen LogP contribution < -0.4 is 0 Å². The molecule has 0 aliphatic rings. The first-order valence-corrected chi connectivity index (χ1v) is 4.82. The van der Waals surface area contributed by atoms with E-state index in [-0.39, 0.29) is 5.78 Å². The highest BCUT2D eigenvalue weighted by Gasteiger charge is 2.06. The van der Waals surface area contributed by atoms with Crippen LogP contribution in [-0.4, -0.2) is 5.78 Å². The van der Waals surface area contributed by atoms with Crippen molar-refractivity contribution in [3.63, 3.8) is 0 Å². The lowest BCUT2D eigenvalue weighted by atomic mass is 9.99. The van der Waals surface area contributed by atoms with Gasteiger partial charge in [-0.3, -0.25) is 4.79 Å². The van der Waals surface area contributed by atoms with Gasteiger partial charge in [0.1, 0.15) is 0 Å². The zero-order valence-corrected chi connectivity index (χ0v) is 9.00. The fraction of sp³-hybridized carbons (Fsp3) is 0.308. The number of hydrogen-bond acceptors (Lipinski definition) is 1. The predicted molar refractivity (Wildman–Crippen MR) is 59.2 cm³/mol. The number of Topliss-reactive ketones (excluding diaryl/α,β-unsaturated/α-hetero) is 1. The first kappa shape index (κ1) is 10.7. The molecule has 0 fully saturated rings. The van der Waals surface area contributed by atoms with Gasteiger partial charge in [0.05, 0.1) is 0 Å². The second-order valence-electron chi connectivity index (χ2n) is 3.70. The first-order valence-electron chi connectivity index (χ1n) is 4.82. The topological polar surface area (TPSA) is 17.1 Å². The smallest absolute Gasteiger partial charge is 0.156 e. The van der Waals surface area contributed by atoms with E-state index in [1.165, 1.54) is 5.56 Å². The van der Waals surface area contributed by atoms with Crippen molar-refractivity contribution in [2.75, 3.05) is 0 Å². The molecule has 0 bridgehead atoms. The van der Waals surface area contributed by atoms with Crippen molar-refractivity contribution in [3.8, 4) is 0 Å². The standard InChI is InChI=1S/C13H16O/c1-10(2)13(11(3)14)9-12-7-5-4-6-8-12/h4-8H,9H2,1-3H3. The summed E-state index contributed by atoms with van der Waals surface area (Å²) in [6.07, 6.45) is 0.749. The van der Waals surface area contributed by atoms with Crippen molar-refractivity contribution in [1.82, 2.24) is 0 Å². The molecule has 0 radical (unpaired) electrons. The molecule has 74 valence electrons. The SMILES string of the molecule is CC(=O)C(Cc1ccccc1)=C(C)C. The summed E-state index contributed by atoms with van der Waals surface area (Å²) in [6, 6.07) is 10.1. The van der Waals surface area contributed by atoms with Gasteiger partial charge in [0.15, 0.2) is 5.78 Å². The fourth-order valence-electron chi connectivity index (χ4n) is 1.45. The molecule has 0 heterocycles. The van der Waals surface area contributed by atoms with Crippen LogP contribution in [0.3, 0.4) is 0 Å². The van der Waals surface area contributed by atoms with Gasteiger partial charge in [-0.2, -0.15) is 0 Å². The second kappa shape index (κ2) is 4.75. The number of carbonyl (C=O) groups excluding carboxylic acids is 1. The van der Waals surface area contributed by atoms with Crippen molar-refractivity contribution in [3.05, 3.63) is 47.0 Å². The Balaban J connectivity index is 2.87. The molecule has 0 saturated carbocycles. The highest BCUT2D eigenvalue weighted by Crippen LogP contribution is 2.12. The van der Waals surface area contributed by atoms with Crippen LogP contribution in [0.4, 0.5) is 0 Å². The Morgan fingerprint density at radius 3 is 2.07 bits per heavy atom. The van der Waals surface area contributed by atoms with Gasteiger partial charge in [-0.25, -0.2) is 0 Å². The number of benzene rings is 1. The van der Waals surface area contributed by atoms with Crippen LogP contribution in [-0.2, 0) is 11.2 Å². The van der Waals surface area contributed by atoms with Gasteiger partial charge in [-0.1, -0.05) is 35.9 Å². The average Bonchev–Trinajstić information content (AvgIpc) is 2.15. The van der Waals surface area contributed by atoms with E-state index in [4.69, 9.17) is 0 Å². The number of ketones is 1. The maximum Gasteiger partial charge on any atom is 0.156 e. The van der Waals surface area contributed by atoms with Gasteiger partial charge >= 0.3 is 0 Å². The van der Waals surface area contributed by atoms with Crippen molar-refractivity contribution in [2.24, 2.45) is 0 Å². The molecule has 0 atom stereocenters. The molecule has 1 aromatic carbocycles. The Kier molecular flexibility index (Phi) is 3.63. The third-order valence-electron chi connectivity index (χ3n) is 2.25. The highest BCUT2D eigenvalue weighted by molar-refractivity contribution is 5.94. The molecule has 0 saturated heterocycles. The Morgan fingerprint density at radius 1 is 1.07 bits per heavy atom. The molecule has 0 aliphatic heterocycles. The van der Waals surface area contributed by atoms with Gasteiger partial charge in [0, 0.05) is 6.42 Å². The van der Waals surface area contributed by atoms with Crippen LogP contribution >= 0.6 is 0 Å². The molecule has 0 aliphatic carbocycles. The molecule has 1 heteroatoms. The van der Waals surface area contributed by atoms with E-state index in [0.29, 0.717) is 0 Å². The van der Waals surface area contributed by atoms with E-state index < -0.39 is 0 Å². The van der Waals surface area contributed by atoms with Crippen molar-refractivity contribution in [1.29, 1.82) is 0 Å². The third-order valence-corrected chi connectivity index (χ3v) is 2.25. The fourth-order valence-corrected chi connectivity index (χ4v) is 1.45. The monoisotopic (exact) mass is 188 g/mol. The number of allylic oxidation sites excluding steroid dienone is 2. The summed E-state index contributed by atoms with van der Waals surface area (Å²) in [4.78, 5) is 11.3. The lowest BCUT2D eigenvalue weighted by Crippen LogP contribution is -2.02. The van der Waals surface area contributed by atoms with Gasteiger partial charge < -0.3 is 0 Å². The Hall–Kier alpha value is -1.37. The van der Waals surface area contributed by atoms with Crippen molar-refractivity contribution in [2.45, 2.75) is 27.2 Å². The number of hydrogen-bond donors (Lipinski definition) is 0. The van der Waals surface area contributed by atoms with E-state index in [9.17, 15) is 4.79 Å². The third kappa shape index (κ3) is 2.84. The molecule has 1 rings (SSSR count). The number of carbonyl (C=O) groups is 1. The minimum absolute atomic E-state index is 0.175. The average molecular weight is 188 g/mol. The van der Waals surface area contributed by atoms with E-state index in [1.807, 2.05) is 44.2 Å². The van der Waals surface area contributed by atoms with Crippen LogP contribution in [0.1, 0.15) is 26.3 Å². The molecule has 0 unspecified atom stereocenters. The molecule has 0 aromatic heterocycles. The Morgan fingerprint density at radius 2 is 1.64 bits per heavy atom. The molecule has 0 spiro atoms. The van der Waals surface area contributed by atoms with E-state index in [0.717, 1.165) is 17.6 Å². The van der Waals surface area contributed by atoms with E-state index in [2.05, 4.69) is 0 Å². The number of rotatable bonds is 3. The van der Waals surface area contributed by atoms with Crippen molar-refractivity contribution >= 4 is 5.78 Å². The summed E-state index contributed by atoms with van der Waals surface area (Å²) in [5.41, 5.74) is 3.23. The first-order chi connectivity index (χ1) is 6.61.